The Labute approximate surface area is 84.9 Å². The molecule has 0 atom stereocenters. The second-order valence-electron chi connectivity index (χ2n) is 2.64. The maximum Gasteiger partial charge on any atom is 0.144 e. The third kappa shape index (κ3) is 1.24. The standard InChI is InChI=1S/C9H8ClNOS/c1-12-7-4-6(10)5-2-3-13-9(5)8(7)11/h2-4H,11H2,1H3. The molecule has 0 aliphatic rings. The van der Waals surface area contributed by atoms with Crippen molar-refractivity contribution in [2.24, 2.45) is 0 Å². The zero-order valence-electron chi connectivity index (χ0n) is 7.00. The van der Waals surface area contributed by atoms with Gasteiger partial charge in [0.05, 0.1) is 22.5 Å². The molecule has 2 rings (SSSR count). The summed E-state index contributed by atoms with van der Waals surface area (Å²) in [6.45, 7) is 0. The lowest BCUT2D eigenvalue weighted by atomic mass is 10.2. The summed E-state index contributed by atoms with van der Waals surface area (Å²) in [7, 11) is 1.58. The fourth-order valence-electron chi connectivity index (χ4n) is 1.26. The Morgan fingerprint density at radius 3 is 3.00 bits per heavy atom. The molecule has 0 bridgehead atoms. The fourth-order valence-corrected chi connectivity index (χ4v) is 2.44. The number of thiophene rings is 1. The van der Waals surface area contributed by atoms with Crippen LogP contribution in [-0.2, 0) is 0 Å². The second-order valence-corrected chi connectivity index (χ2v) is 3.96. The molecule has 2 aromatic rings. The Morgan fingerprint density at radius 2 is 2.31 bits per heavy atom. The van der Waals surface area contributed by atoms with Gasteiger partial charge in [-0.15, -0.1) is 11.3 Å². The Balaban J connectivity index is 2.85. The minimum absolute atomic E-state index is 0.639. The SMILES string of the molecule is COc1cc(Cl)c2ccsc2c1N. The summed E-state index contributed by atoms with van der Waals surface area (Å²) in [6.07, 6.45) is 0. The van der Waals surface area contributed by atoms with E-state index in [-0.39, 0.29) is 0 Å². The van der Waals surface area contributed by atoms with Crippen molar-refractivity contribution >= 4 is 38.7 Å². The molecule has 0 radical (unpaired) electrons. The van der Waals surface area contributed by atoms with E-state index < -0.39 is 0 Å². The van der Waals surface area contributed by atoms with Gasteiger partial charge in [0, 0.05) is 11.5 Å². The Morgan fingerprint density at radius 1 is 1.54 bits per heavy atom. The van der Waals surface area contributed by atoms with Crippen LogP contribution in [0.25, 0.3) is 10.1 Å². The summed E-state index contributed by atoms with van der Waals surface area (Å²) < 4.78 is 6.09. The van der Waals surface area contributed by atoms with Crippen molar-refractivity contribution in [1.29, 1.82) is 0 Å². The van der Waals surface area contributed by atoms with Gasteiger partial charge in [0.15, 0.2) is 0 Å². The highest BCUT2D eigenvalue weighted by Crippen LogP contribution is 2.38. The number of nitrogens with two attached hydrogens (primary N) is 1. The van der Waals surface area contributed by atoms with Crippen LogP contribution in [0.2, 0.25) is 5.02 Å². The van der Waals surface area contributed by atoms with Crippen molar-refractivity contribution in [2.45, 2.75) is 0 Å². The number of halogens is 1. The van der Waals surface area contributed by atoms with Crippen LogP contribution in [0.15, 0.2) is 17.5 Å². The molecule has 1 aromatic heterocycles. The summed E-state index contributed by atoms with van der Waals surface area (Å²) in [5.41, 5.74) is 6.53. The molecule has 68 valence electrons. The van der Waals surface area contributed by atoms with Crippen LogP contribution in [0, 0.1) is 0 Å². The van der Waals surface area contributed by atoms with E-state index in [4.69, 9.17) is 22.1 Å². The zero-order valence-corrected chi connectivity index (χ0v) is 8.58. The number of benzene rings is 1. The van der Waals surface area contributed by atoms with Crippen molar-refractivity contribution in [3.63, 3.8) is 0 Å². The van der Waals surface area contributed by atoms with E-state index in [1.165, 1.54) is 0 Å². The topological polar surface area (TPSA) is 35.2 Å². The normalized spacial score (nSPS) is 10.6. The van der Waals surface area contributed by atoms with Crippen LogP contribution in [0.1, 0.15) is 0 Å². The minimum Gasteiger partial charge on any atom is -0.494 e. The van der Waals surface area contributed by atoms with E-state index in [2.05, 4.69) is 0 Å². The summed E-state index contributed by atoms with van der Waals surface area (Å²) in [6, 6.07) is 3.70. The Hall–Kier alpha value is -0.930. The maximum atomic E-state index is 6.03. The Bertz CT molecular complexity index is 452. The predicted octanol–water partition coefficient (Wildman–Crippen LogP) is 3.15. The molecule has 0 aliphatic carbocycles. The number of methoxy groups -OCH3 is 1. The van der Waals surface area contributed by atoms with Crippen LogP contribution in [0.4, 0.5) is 5.69 Å². The molecule has 0 saturated heterocycles. The fraction of sp³-hybridized carbons (Fsp3) is 0.111. The number of ether oxygens (including phenoxy) is 1. The lowest BCUT2D eigenvalue weighted by molar-refractivity contribution is 0.417. The van der Waals surface area contributed by atoms with Gasteiger partial charge < -0.3 is 10.5 Å². The van der Waals surface area contributed by atoms with Crippen molar-refractivity contribution in [3.8, 4) is 5.75 Å². The van der Waals surface area contributed by atoms with E-state index >= 15 is 0 Å². The summed E-state index contributed by atoms with van der Waals surface area (Å²) in [5, 5.41) is 3.64. The minimum atomic E-state index is 0.639. The molecule has 1 aromatic carbocycles. The lowest BCUT2D eigenvalue weighted by Gasteiger charge is -2.05. The Kier molecular flexibility index (Phi) is 2.06. The van der Waals surface area contributed by atoms with E-state index in [1.54, 1.807) is 24.5 Å². The number of anilines is 1. The molecule has 2 nitrogen and oxygen atoms in total. The van der Waals surface area contributed by atoms with Crippen LogP contribution in [0.3, 0.4) is 0 Å². The maximum absolute atomic E-state index is 6.03. The first-order valence-electron chi connectivity index (χ1n) is 3.73. The van der Waals surface area contributed by atoms with E-state index in [0.29, 0.717) is 16.5 Å². The van der Waals surface area contributed by atoms with Gasteiger partial charge in [0.25, 0.3) is 0 Å². The molecule has 0 amide bonds. The van der Waals surface area contributed by atoms with Crippen LogP contribution >= 0.6 is 22.9 Å². The molecular formula is C9H8ClNOS. The van der Waals surface area contributed by atoms with Gasteiger partial charge in [-0.05, 0) is 11.4 Å². The molecular weight excluding hydrogens is 206 g/mol. The molecule has 1 heterocycles. The van der Waals surface area contributed by atoms with Crippen LogP contribution in [0.5, 0.6) is 5.75 Å². The van der Waals surface area contributed by atoms with Gasteiger partial charge >= 0.3 is 0 Å². The third-order valence-corrected chi connectivity index (χ3v) is 3.17. The van der Waals surface area contributed by atoms with Crippen LogP contribution in [-0.4, -0.2) is 7.11 Å². The van der Waals surface area contributed by atoms with E-state index in [1.807, 2.05) is 11.4 Å². The van der Waals surface area contributed by atoms with Gasteiger partial charge in [-0.25, -0.2) is 0 Å². The molecule has 4 heteroatoms. The van der Waals surface area contributed by atoms with Crippen LogP contribution < -0.4 is 10.5 Å². The average Bonchev–Trinajstić information content (AvgIpc) is 2.60. The lowest BCUT2D eigenvalue weighted by Crippen LogP contribution is -1.92. The number of fused-ring (bicyclic) bond motifs is 1. The largest absolute Gasteiger partial charge is 0.494 e. The molecule has 13 heavy (non-hydrogen) atoms. The van der Waals surface area contributed by atoms with E-state index in [9.17, 15) is 0 Å². The summed E-state index contributed by atoms with van der Waals surface area (Å²) in [4.78, 5) is 0. The molecule has 0 fully saturated rings. The van der Waals surface area contributed by atoms with E-state index in [0.717, 1.165) is 10.1 Å². The smallest absolute Gasteiger partial charge is 0.144 e. The first kappa shape index (κ1) is 8.66. The molecule has 0 unspecified atom stereocenters. The molecule has 0 spiro atoms. The number of hydrogen-bond donors (Lipinski definition) is 1. The van der Waals surface area contributed by atoms with Gasteiger partial charge in [-0.3, -0.25) is 0 Å². The monoisotopic (exact) mass is 213 g/mol. The third-order valence-electron chi connectivity index (χ3n) is 1.91. The summed E-state index contributed by atoms with van der Waals surface area (Å²) >= 11 is 7.59. The van der Waals surface area contributed by atoms with Gasteiger partial charge in [-0.2, -0.15) is 0 Å². The van der Waals surface area contributed by atoms with Gasteiger partial charge in [-0.1, -0.05) is 11.6 Å². The molecule has 0 saturated carbocycles. The van der Waals surface area contributed by atoms with Gasteiger partial charge in [0.2, 0.25) is 0 Å². The molecule has 2 N–H and O–H groups in total. The second kappa shape index (κ2) is 3.09. The first-order chi connectivity index (χ1) is 6.24. The number of rotatable bonds is 1. The highest BCUT2D eigenvalue weighted by atomic mass is 35.5. The highest BCUT2D eigenvalue weighted by Gasteiger charge is 2.09. The average molecular weight is 214 g/mol. The van der Waals surface area contributed by atoms with Crippen molar-refractivity contribution in [2.75, 3.05) is 12.8 Å². The predicted molar refractivity (Wildman–Crippen MR) is 57.8 cm³/mol. The molecule has 0 aliphatic heterocycles. The van der Waals surface area contributed by atoms with Crippen molar-refractivity contribution in [1.82, 2.24) is 0 Å². The summed E-state index contributed by atoms with van der Waals surface area (Å²) in [5.74, 6) is 0.639. The zero-order chi connectivity index (χ0) is 9.42. The van der Waals surface area contributed by atoms with Crippen molar-refractivity contribution in [3.05, 3.63) is 22.5 Å². The van der Waals surface area contributed by atoms with Gasteiger partial charge in [0.1, 0.15) is 5.75 Å². The quantitative estimate of drug-likeness (QED) is 0.739. The van der Waals surface area contributed by atoms with Crippen molar-refractivity contribution < 1.29 is 4.74 Å². The highest BCUT2D eigenvalue weighted by molar-refractivity contribution is 7.18. The number of nitrogen functional groups attached to an aromatic ring is 1. The first-order valence-corrected chi connectivity index (χ1v) is 4.99. The number of hydrogen-bond acceptors (Lipinski definition) is 3.